The molecule has 5 nitrogen and oxygen atoms in total. The van der Waals surface area contributed by atoms with Crippen LogP contribution in [0.2, 0.25) is 0 Å². The minimum atomic E-state index is -1.05. The van der Waals surface area contributed by atoms with Gasteiger partial charge in [-0.3, -0.25) is 9.78 Å². The molecule has 1 unspecified atom stereocenters. The number of carbonyl (C=O) groups is 2. The van der Waals surface area contributed by atoms with Crippen molar-refractivity contribution in [3.8, 4) is 0 Å². The van der Waals surface area contributed by atoms with Crippen LogP contribution in [-0.2, 0) is 9.59 Å². The van der Waals surface area contributed by atoms with Crippen LogP contribution in [0.3, 0.4) is 0 Å². The molecule has 1 heterocycles. The molecular formula is C13H18N2O3. The Hall–Kier alpha value is -1.91. The first-order valence-electron chi connectivity index (χ1n) is 5.78. The first-order chi connectivity index (χ1) is 8.36. The molecule has 1 amide bonds. The quantitative estimate of drug-likeness (QED) is 0.884. The maximum absolute atomic E-state index is 11.7. The van der Waals surface area contributed by atoms with E-state index < -0.39 is 12.0 Å². The van der Waals surface area contributed by atoms with Gasteiger partial charge < -0.3 is 10.0 Å². The van der Waals surface area contributed by atoms with Gasteiger partial charge in [-0.05, 0) is 32.4 Å². The van der Waals surface area contributed by atoms with Gasteiger partial charge in [-0.25, -0.2) is 4.79 Å². The molecule has 0 spiro atoms. The molecule has 1 rings (SSSR count). The van der Waals surface area contributed by atoms with Crippen LogP contribution in [0.5, 0.6) is 0 Å². The van der Waals surface area contributed by atoms with Gasteiger partial charge in [0.2, 0.25) is 5.91 Å². The van der Waals surface area contributed by atoms with E-state index >= 15 is 0 Å². The lowest BCUT2D eigenvalue weighted by Crippen LogP contribution is -2.42. The summed E-state index contributed by atoms with van der Waals surface area (Å²) in [6.07, 6.45) is 3.11. The monoisotopic (exact) mass is 250 g/mol. The molecule has 1 aromatic rings. The number of nitrogens with zero attached hydrogens (tertiary/aromatic N) is 2. The lowest BCUT2D eigenvalue weighted by atomic mass is 10.0. The zero-order chi connectivity index (χ0) is 13.9. The summed E-state index contributed by atoms with van der Waals surface area (Å²) in [6, 6.07) is 0.559. The fourth-order valence-electron chi connectivity index (χ4n) is 2.01. The Morgan fingerprint density at radius 1 is 1.39 bits per heavy atom. The summed E-state index contributed by atoms with van der Waals surface area (Å²) in [7, 11) is 0. The van der Waals surface area contributed by atoms with Crippen molar-refractivity contribution >= 4 is 11.9 Å². The van der Waals surface area contributed by atoms with Crippen molar-refractivity contribution < 1.29 is 14.7 Å². The van der Waals surface area contributed by atoms with Crippen LogP contribution in [-0.4, -0.2) is 32.9 Å². The van der Waals surface area contributed by atoms with E-state index in [-0.39, 0.29) is 11.9 Å². The second-order valence-corrected chi connectivity index (χ2v) is 4.49. The third kappa shape index (κ3) is 2.85. The lowest BCUT2D eigenvalue weighted by molar-refractivity contribution is -0.151. The van der Waals surface area contributed by atoms with E-state index in [9.17, 15) is 14.7 Å². The zero-order valence-electron chi connectivity index (χ0n) is 11.0. The van der Waals surface area contributed by atoms with Crippen molar-refractivity contribution in [3.63, 3.8) is 0 Å². The summed E-state index contributed by atoms with van der Waals surface area (Å²) < 4.78 is 0. The van der Waals surface area contributed by atoms with Crippen molar-refractivity contribution in [2.45, 2.75) is 39.8 Å². The van der Waals surface area contributed by atoms with E-state index in [4.69, 9.17) is 0 Å². The molecule has 0 aliphatic rings. The van der Waals surface area contributed by atoms with Crippen LogP contribution in [0.25, 0.3) is 0 Å². The average molecular weight is 250 g/mol. The molecule has 1 aromatic heterocycles. The summed E-state index contributed by atoms with van der Waals surface area (Å²) >= 11 is 0. The van der Waals surface area contributed by atoms with Gasteiger partial charge in [0.1, 0.15) is 0 Å². The van der Waals surface area contributed by atoms with Gasteiger partial charge in [-0.2, -0.15) is 0 Å². The molecule has 0 fully saturated rings. The van der Waals surface area contributed by atoms with Crippen LogP contribution in [0.1, 0.15) is 37.9 Å². The van der Waals surface area contributed by atoms with Crippen molar-refractivity contribution in [3.05, 3.63) is 29.6 Å². The Bertz CT molecular complexity index is 457. The van der Waals surface area contributed by atoms with Gasteiger partial charge in [0, 0.05) is 30.9 Å². The summed E-state index contributed by atoms with van der Waals surface area (Å²) in [6.45, 7) is 6.78. The number of aryl methyl sites for hydroxylation is 1. The van der Waals surface area contributed by atoms with Crippen molar-refractivity contribution in [1.29, 1.82) is 0 Å². The molecule has 5 heteroatoms. The smallest absolute Gasteiger partial charge is 0.331 e. The third-order valence-electron chi connectivity index (χ3n) is 2.81. The number of pyridine rings is 1. The number of carboxylic acid groups (broad SMARTS) is 1. The van der Waals surface area contributed by atoms with Crippen LogP contribution >= 0.6 is 0 Å². The number of rotatable bonds is 4. The zero-order valence-corrected chi connectivity index (χ0v) is 11.0. The Morgan fingerprint density at radius 2 is 2.00 bits per heavy atom. The first-order valence-corrected chi connectivity index (χ1v) is 5.78. The molecule has 0 aromatic carbocycles. The molecule has 0 aliphatic heterocycles. The van der Waals surface area contributed by atoms with E-state index in [2.05, 4.69) is 4.98 Å². The molecule has 0 radical (unpaired) electrons. The van der Waals surface area contributed by atoms with Crippen LogP contribution in [0, 0.1) is 6.92 Å². The molecular weight excluding hydrogens is 232 g/mol. The fraction of sp³-hybridized carbons (Fsp3) is 0.462. The molecule has 1 atom stereocenters. The highest BCUT2D eigenvalue weighted by Gasteiger charge is 2.32. The van der Waals surface area contributed by atoms with E-state index in [0.717, 1.165) is 5.56 Å². The number of aliphatic carboxylic acids is 1. The minimum absolute atomic E-state index is 0.191. The van der Waals surface area contributed by atoms with Crippen molar-refractivity contribution in [2.24, 2.45) is 0 Å². The van der Waals surface area contributed by atoms with Gasteiger partial charge in [0.05, 0.1) is 0 Å². The third-order valence-corrected chi connectivity index (χ3v) is 2.81. The molecule has 0 aliphatic carbocycles. The van der Waals surface area contributed by atoms with Crippen LogP contribution < -0.4 is 0 Å². The summed E-state index contributed by atoms with van der Waals surface area (Å²) in [5.41, 5.74) is 1.36. The van der Waals surface area contributed by atoms with Gasteiger partial charge in [0.15, 0.2) is 6.04 Å². The number of hydrogen-bond acceptors (Lipinski definition) is 3. The maximum atomic E-state index is 11.7. The van der Waals surface area contributed by atoms with Gasteiger partial charge in [0.25, 0.3) is 0 Å². The molecule has 0 bridgehead atoms. The Kier molecular flexibility index (Phi) is 4.42. The number of carboxylic acids is 1. The Balaban J connectivity index is 3.30. The van der Waals surface area contributed by atoms with Crippen molar-refractivity contribution in [1.82, 2.24) is 9.88 Å². The highest BCUT2D eigenvalue weighted by Crippen LogP contribution is 2.25. The largest absolute Gasteiger partial charge is 0.479 e. The molecule has 0 saturated carbocycles. The highest BCUT2D eigenvalue weighted by atomic mass is 16.4. The second-order valence-electron chi connectivity index (χ2n) is 4.49. The SMILES string of the molecule is CC(=O)N(C(C)C)C(C(=O)O)c1cnccc1C. The number of carbonyl (C=O) groups excluding carboxylic acids is 1. The standard InChI is InChI=1S/C13H18N2O3/c1-8(2)15(10(4)16)12(13(17)18)11-7-14-6-5-9(11)3/h5-8,12H,1-4H3,(H,17,18). The van der Waals surface area contributed by atoms with Crippen LogP contribution in [0.4, 0.5) is 0 Å². The first kappa shape index (κ1) is 14.2. The fourth-order valence-corrected chi connectivity index (χ4v) is 2.01. The second kappa shape index (κ2) is 5.62. The van der Waals surface area contributed by atoms with Gasteiger partial charge in [-0.1, -0.05) is 0 Å². The molecule has 1 N–H and O–H groups in total. The van der Waals surface area contributed by atoms with E-state index in [1.165, 1.54) is 18.0 Å². The number of amides is 1. The van der Waals surface area contributed by atoms with E-state index in [1.54, 1.807) is 26.1 Å². The highest BCUT2D eigenvalue weighted by molar-refractivity contribution is 5.83. The predicted molar refractivity (Wildman–Crippen MR) is 67.0 cm³/mol. The van der Waals surface area contributed by atoms with Crippen molar-refractivity contribution in [2.75, 3.05) is 0 Å². The minimum Gasteiger partial charge on any atom is -0.479 e. The van der Waals surface area contributed by atoms with Gasteiger partial charge >= 0.3 is 5.97 Å². The number of aromatic nitrogens is 1. The van der Waals surface area contributed by atoms with Gasteiger partial charge in [-0.15, -0.1) is 0 Å². The van der Waals surface area contributed by atoms with E-state index in [0.29, 0.717) is 5.56 Å². The average Bonchev–Trinajstić information content (AvgIpc) is 2.25. The predicted octanol–water partition coefficient (Wildman–Crippen LogP) is 1.77. The maximum Gasteiger partial charge on any atom is 0.331 e. The molecule has 18 heavy (non-hydrogen) atoms. The topological polar surface area (TPSA) is 70.5 Å². The Labute approximate surface area is 106 Å². The lowest BCUT2D eigenvalue weighted by Gasteiger charge is -2.32. The summed E-state index contributed by atoms with van der Waals surface area (Å²) in [5, 5.41) is 9.40. The Morgan fingerprint density at radius 3 is 2.39 bits per heavy atom. The number of hydrogen-bond donors (Lipinski definition) is 1. The summed E-state index contributed by atoms with van der Waals surface area (Å²) in [5.74, 6) is -1.31. The van der Waals surface area contributed by atoms with E-state index in [1.807, 2.05) is 6.92 Å². The molecule has 98 valence electrons. The molecule has 0 saturated heterocycles. The summed E-state index contributed by atoms with van der Waals surface area (Å²) in [4.78, 5) is 28.4. The van der Waals surface area contributed by atoms with Crippen LogP contribution in [0.15, 0.2) is 18.5 Å². The normalized spacial score (nSPS) is 12.3.